The van der Waals surface area contributed by atoms with Crippen LogP contribution in [0.2, 0.25) is 0 Å². The molecular weight excluding hydrogens is 320 g/mol. The number of hydrogen-bond donors (Lipinski definition) is 1. The lowest BCUT2D eigenvalue weighted by molar-refractivity contribution is 0.0697. The molecule has 0 amide bonds. The van der Waals surface area contributed by atoms with Gasteiger partial charge in [-0.2, -0.15) is 0 Å². The lowest BCUT2D eigenvalue weighted by Gasteiger charge is -2.03. The molecule has 1 heterocycles. The highest BCUT2D eigenvalue weighted by molar-refractivity contribution is 9.10. The minimum Gasteiger partial charge on any atom is -0.478 e. The zero-order valence-corrected chi connectivity index (χ0v) is 12.3. The molecule has 1 N–H and O–H groups in total. The van der Waals surface area contributed by atoms with Gasteiger partial charge in [-0.15, -0.1) is 0 Å². The Labute approximate surface area is 124 Å². The standard InChI is InChI=1S/C16H11BrO3/c1-9-6-7-11-13(8-9)15(17)20-14(11)10-4-2-3-5-12(10)16(18)19/h2-8H,1H3,(H,18,19). The van der Waals surface area contributed by atoms with Crippen LogP contribution in [0.3, 0.4) is 0 Å². The van der Waals surface area contributed by atoms with Crippen LogP contribution in [-0.2, 0) is 0 Å². The van der Waals surface area contributed by atoms with E-state index in [0.717, 1.165) is 16.3 Å². The SMILES string of the molecule is Cc1ccc2c(-c3ccccc3C(=O)O)oc(Br)c2c1. The molecule has 1 aromatic heterocycles. The molecule has 0 radical (unpaired) electrons. The molecule has 0 fully saturated rings. The minimum atomic E-state index is -0.964. The van der Waals surface area contributed by atoms with Gasteiger partial charge in [0.05, 0.1) is 5.56 Å². The zero-order valence-electron chi connectivity index (χ0n) is 10.7. The number of carboxylic acid groups (broad SMARTS) is 1. The van der Waals surface area contributed by atoms with E-state index in [1.165, 1.54) is 0 Å². The van der Waals surface area contributed by atoms with Crippen molar-refractivity contribution in [3.8, 4) is 11.3 Å². The third-order valence-corrected chi connectivity index (χ3v) is 3.81. The minimum absolute atomic E-state index is 0.233. The Balaban J connectivity index is 2.34. The summed E-state index contributed by atoms with van der Waals surface area (Å²) in [6.07, 6.45) is 0. The van der Waals surface area contributed by atoms with Crippen LogP contribution in [0, 0.1) is 6.92 Å². The first-order valence-electron chi connectivity index (χ1n) is 6.09. The highest BCUT2D eigenvalue weighted by Gasteiger charge is 2.18. The summed E-state index contributed by atoms with van der Waals surface area (Å²) in [6, 6.07) is 12.8. The molecule has 0 spiro atoms. The molecular formula is C16H11BrO3. The molecule has 0 saturated heterocycles. The Morgan fingerprint density at radius 3 is 2.65 bits per heavy atom. The number of rotatable bonds is 2. The summed E-state index contributed by atoms with van der Waals surface area (Å²) >= 11 is 3.40. The maximum Gasteiger partial charge on any atom is 0.336 e. The van der Waals surface area contributed by atoms with Gasteiger partial charge in [-0.3, -0.25) is 0 Å². The van der Waals surface area contributed by atoms with Crippen molar-refractivity contribution in [3.05, 3.63) is 58.3 Å². The second-order valence-corrected chi connectivity index (χ2v) is 5.32. The fourth-order valence-corrected chi connectivity index (χ4v) is 2.78. The molecule has 100 valence electrons. The Bertz CT molecular complexity index is 818. The van der Waals surface area contributed by atoms with Crippen LogP contribution in [-0.4, -0.2) is 11.1 Å². The topological polar surface area (TPSA) is 50.4 Å². The lowest BCUT2D eigenvalue weighted by atomic mass is 10.0. The second-order valence-electron chi connectivity index (χ2n) is 4.60. The summed E-state index contributed by atoms with van der Waals surface area (Å²) in [4.78, 5) is 11.3. The van der Waals surface area contributed by atoms with Gasteiger partial charge in [0.1, 0.15) is 5.76 Å². The molecule has 0 aliphatic rings. The summed E-state index contributed by atoms with van der Waals surface area (Å²) in [7, 11) is 0. The van der Waals surface area contributed by atoms with Crippen molar-refractivity contribution in [2.45, 2.75) is 6.92 Å². The van der Waals surface area contributed by atoms with E-state index in [1.807, 2.05) is 25.1 Å². The van der Waals surface area contributed by atoms with Gasteiger partial charge in [0.25, 0.3) is 0 Å². The highest BCUT2D eigenvalue weighted by atomic mass is 79.9. The average Bonchev–Trinajstić information content (AvgIpc) is 2.75. The summed E-state index contributed by atoms with van der Waals surface area (Å²) in [5.41, 5.74) is 1.94. The number of aryl methyl sites for hydroxylation is 1. The molecule has 0 atom stereocenters. The number of carbonyl (C=O) groups is 1. The fourth-order valence-electron chi connectivity index (χ4n) is 2.29. The number of carboxylic acids is 1. The van der Waals surface area contributed by atoms with Gasteiger partial charge in [-0.25, -0.2) is 4.79 Å². The summed E-state index contributed by atoms with van der Waals surface area (Å²) in [5.74, 6) is -0.391. The van der Waals surface area contributed by atoms with Crippen LogP contribution in [0.5, 0.6) is 0 Å². The smallest absolute Gasteiger partial charge is 0.336 e. The molecule has 0 unspecified atom stereocenters. The summed E-state index contributed by atoms with van der Waals surface area (Å²) in [5, 5.41) is 11.1. The molecule has 4 heteroatoms. The van der Waals surface area contributed by atoms with E-state index in [0.29, 0.717) is 16.0 Å². The lowest BCUT2D eigenvalue weighted by Crippen LogP contribution is -1.98. The van der Waals surface area contributed by atoms with E-state index in [9.17, 15) is 9.90 Å². The predicted molar refractivity (Wildman–Crippen MR) is 81.0 cm³/mol. The Kier molecular flexibility index (Phi) is 3.10. The maximum absolute atomic E-state index is 11.3. The van der Waals surface area contributed by atoms with Crippen LogP contribution in [0.1, 0.15) is 15.9 Å². The Hall–Kier alpha value is -2.07. The second kappa shape index (κ2) is 4.80. The molecule has 3 rings (SSSR count). The van der Waals surface area contributed by atoms with Crippen LogP contribution >= 0.6 is 15.9 Å². The molecule has 0 bridgehead atoms. The maximum atomic E-state index is 11.3. The van der Waals surface area contributed by atoms with Crippen LogP contribution < -0.4 is 0 Å². The van der Waals surface area contributed by atoms with Crippen molar-refractivity contribution >= 4 is 32.7 Å². The van der Waals surface area contributed by atoms with Gasteiger partial charge in [0.15, 0.2) is 4.67 Å². The Morgan fingerprint density at radius 2 is 1.90 bits per heavy atom. The largest absolute Gasteiger partial charge is 0.478 e. The van der Waals surface area contributed by atoms with Crippen molar-refractivity contribution in [1.29, 1.82) is 0 Å². The molecule has 0 saturated carbocycles. The molecule has 2 aromatic carbocycles. The highest BCUT2D eigenvalue weighted by Crippen LogP contribution is 2.38. The predicted octanol–water partition coefficient (Wildman–Crippen LogP) is 4.87. The number of fused-ring (bicyclic) bond motifs is 1. The van der Waals surface area contributed by atoms with E-state index in [4.69, 9.17) is 4.42 Å². The number of benzene rings is 2. The summed E-state index contributed by atoms with van der Waals surface area (Å²) in [6.45, 7) is 2.00. The van der Waals surface area contributed by atoms with Gasteiger partial charge >= 0.3 is 5.97 Å². The van der Waals surface area contributed by atoms with Gasteiger partial charge < -0.3 is 9.52 Å². The van der Waals surface area contributed by atoms with E-state index >= 15 is 0 Å². The van der Waals surface area contributed by atoms with E-state index in [1.54, 1.807) is 24.3 Å². The normalized spacial score (nSPS) is 10.9. The van der Waals surface area contributed by atoms with Gasteiger partial charge in [-0.05, 0) is 35.0 Å². The third kappa shape index (κ3) is 2.02. The summed E-state index contributed by atoms with van der Waals surface area (Å²) < 4.78 is 6.37. The first kappa shape index (κ1) is 12.9. The molecule has 20 heavy (non-hydrogen) atoms. The third-order valence-electron chi connectivity index (χ3n) is 3.23. The number of furan rings is 1. The monoisotopic (exact) mass is 330 g/mol. The van der Waals surface area contributed by atoms with Crippen LogP contribution in [0.15, 0.2) is 51.6 Å². The van der Waals surface area contributed by atoms with E-state index in [-0.39, 0.29) is 5.56 Å². The zero-order chi connectivity index (χ0) is 14.3. The first-order valence-corrected chi connectivity index (χ1v) is 6.88. The van der Waals surface area contributed by atoms with E-state index in [2.05, 4.69) is 15.9 Å². The van der Waals surface area contributed by atoms with Crippen molar-refractivity contribution in [2.24, 2.45) is 0 Å². The van der Waals surface area contributed by atoms with Crippen molar-refractivity contribution in [2.75, 3.05) is 0 Å². The molecule has 0 aliphatic heterocycles. The Morgan fingerprint density at radius 1 is 1.15 bits per heavy atom. The fraction of sp³-hybridized carbons (Fsp3) is 0.0625. The molecule has 0 aliphatic carbocycles. The van der Waals surface area contributed by atoms with Crippen molar-refractivity contribution in [3.63, 3.8) is 0 Å². The van der Waals surface area contributed by atoms with Gasteiger partial charge in [0, 0.05) is 16.3 Å². The molecule has 3 aromatic rings. The number of halogens is 1. The number of aromatic carboxylic acids is 1. The average molecular weight is 331 g/mol. The van der Waals surface area contributed by atoms with Crippen LogP contribution in [0.4, 0.5) is 0 Å². The first-order chi connectivity index (χ1) is 9.58. The van der Waals surface area contributed by atoms with Gasteiger partial charge in [0.2, 0.25) is 0 Å². The molecule has 3 nitrogen and oxygen atoms in total. The van der Waals surface area contributed by atoms with Crippen molar-refractivity contribution < 1.29 is 14.3 Å². The van der Waals surface area contributed by atoms with E-state index < -0.39 is 5.97 Å². The quantitative estimate of drug-likeness (QED) is 0.729. The van der Waals surface area contributed by atoms with Gasteiger partial charge in [-0.1, -0.05) is 35.9 Å². The van der Waals surface area contributed by atoms with Crippen molar-refractivity contribution in [1.82, 2.24) is 0 Å². The van der Waals surface area contributed by atoms with Crippen LogP contribution in [0.25, 0.3) is 22.1 Å². The number of hydrogen-bond acceptors (Lipinski definition) is 2.